The van der Waals surface area contributed by atoms with E-state index < -0.39 is 0 Å². The van der Waals surface area contributed by atoms with Crippen LogP contribution in [0.5, 0.6) is 0 Å². The van der Waals surface area contributed by atoms with Gasteiger partial charge < -0.3 is 4.42 Å². The standard InChI is InChI=1S/C12H11ClO2/c1-7-3-4-9-5-11(10(14)6-13)15-12(9)8(7)2/h3-5H,6H2,1-2H3. The molecule has 2 aromatic rings. The Morgan fingerprint density at radius 1 is 1.40 bits per heavy atom. The zero-order chi connectivity index (χ0) is 11.0. The lowest BCUT2D eigenvalue weighted by Crippen LogP contribution is -1.96. The monoisotopic (exact) mass is 222 g/mol. The Labute approximate surface area is 92.8 Å². The van der Waals surface area contributed by atoms with Gasteiger partial charge in [0.05, 0.1) is 5.88 Å². The molecule has 0 spiro atoms. The number of ketones is 1. The zero-order valence-corrected chi connectivity index (χ0v) is 9.39. The van der Waals surface area contributed by atoms with Crippen molar-refractivity contribution in [2.45, 2.75) is 13.8 Å². The number of fused-ring (bicyclic) bond motifs is 1. The first-order chi connectivity index (χ1) is 7.13. The van der Waals surface area contributed by atoms with E-state index in [1.54, 1.807) is 6.07 Å². The number of benzene rings is 1. The summed E-state index contributed by atoms with van der Waals surface area (Å²) in [6.07, 6.45) is 0. The lowest BCUT2D eigenvalue weighted by Gasteiger charge is -1.98. The maximum atomic E-state index is 11.4. The van der Waals surface area contributed by atoms with Crippen molar-refractivity contribution in [3.8, 4) is 0 Å². The van der Waals surface area contributed by atoms with Crippen LogP contribution in [0.15, 0.2) is 22.6 Å². The van der Waals surface area contributed by atoms with Crippen molar-refractivity contribution in [3.05, 3.63) is 35.1 Å². The third-order valence-corrected chi connectivity index (χ3v) is 2.84. The van der Waals surface area contributed by atoms with E-state index >= 15 is 0 Å². The van der Waals surface area contributed by atoms with Gasteiger partial charge in [0.15, 0.2) is 5.76 Å². The Hall–Kier alpha value is -1.28. The number of hydrogen-bond donors (Lipinski definition) is 0. The normalized spacial score (nSPS) is 10.9. The lowest BCUT2D eigenvalue weighted by molar-refractivity contribution is 0.0992. The van der Waals surface area contributed by atoms with Crippen LogP contribution >= 0.6 is 11.6 Å². The Kier molecular flexibility index (Phi) is 2.53. The largest absolute Gasteiger partial charge is 0.453 e. The van der Waals surface area contributed by atoms with Gasteiger partial charge in [0.2, 0.25) is 5.78 Å². The van der Waals surface area contributed by atoms with E-state index in [9.17, 15) is 4.79 Å². The number of Topliss-reactive ketones (excluding diaryl/α,β-unsaturated/α-hetero) is 1. The first kappa shape index (κ1) is 10.2. The number of alkyl halides is 1. The van der Waals surface area contributed by atoms with Crippen molar-refractivity contribution in [3.63, 3.8) is 0 Å². The number of hydrogen-bond acceptors (Lipinski definition) is 2. The molecule has 0 bridgehead atoms. The number of furan rings is 1. The van der Waals surface area contributed by atoms with E-state index in [-0.39, 0.29) is 11.7 Å². The van der Waals surface area contributed by atoms with Gasteiger partial charge >= 0.3 is 0 Å². The number of aryl methyl sites for hydroxylation is 2. The summed E-state index contributed by atoms with van der Waals surface area (Å²) in [4.78, 5) is 11.4. The van der Waals surface area contributed by atoms with E-state index in [2.05, 4.69) is 0 Å². The topological polar surface area (TPSA) is 30.2 Å². The summed E-state index contributed by atoms with van der Waals surface area (Å²) in [5, 5.41) is 0.951. The highest BCUT2D eigenvalue weighted by atomic mass is 35.5. The summed E-state index contributed by atoms with van der Waals surface area (Å²) < 4.78 is 5.50. The van der Waals surface area contributed by atoms with E-state index in [0.717, 1.165) is 22.1 Å². The molecule has 0 saturated heterocycles. The zero-order valence-electron chi connectivity index (χ0n) is 8.63. The fraction of sp³-hybridized carbons (Fsp3) is 0.250. The average molecular weight is 223 g/mol. The van der Waals surface area contributed by atoms with Gasteiger partial charge in [0.1, 0.15) is 5.58 Å². The van der Waals surface area contributed by atoms with Crippen molar-refractivity contribution in [2.24, 2.45) is 0 Å². The van der Waals surface area contributed by atoms with Crippen molar-refractivity contribution < 1.29 is 9.21 Å². The highest BCUT2D eigenvalue weighted by Gasteiger charge is 2.12. The highest BCUT2D eigenvalue weighted by Crippen LogP contribution is 2.25. The Balaban J connectivity index is 2.66. The molecule has 15 heavy (non-hydrogen) atoms. The summed E-state index contributed by atoms with van der Waals surface area (Å²) in [6, 6.07) is 5.71. The minimum atomic E-state index is -0.176. The van der Waals surface area contributed by atoms with Crippen LogP contribution in [0, 0.1) is 13.8 Å². The molecule has 0 fully saturated rings. The highest BCUT2D eigenvalue weighted by molar-refractivity contribution is 6.30. The first-order valence-electron chi connectivity index (χ1n) is 4.72. The number of rotatable bonds is 2. The average Bonchev–Trinajstić information content (AvgIpc) is 2.67. The summed E-state index contributed by atoms with van der Waals surface area (Å²) in [6.45, 7) is 4.00. The Morgan fingerprint density at radius 2 is 2.13 bits per heavy atom. The molecule has 1 heterocycles. The molecule has 1 aromatic carbocycles. The molecule has 0 aliphatic heterocycles. The SMILES string of the molecule is Cc1ccc2cc(C(=O)CCl)oc2c1C. The maximum absolute atomic E-state index is 11.4. The minimum absolute atomic E-state index is 0.0438. The molecule has 0 aliphatic carbocycles. The van der Waals surface area contributed by atoms with E-state index in [1.165, 1.54) is 0 Å². The summed E-state index contributed by atoms with van der Waals surface area (Å²) in [7, 11) is 0. The van der Waals surface area contributed by atoms with Crippen LogP contribution < -0.4 is 0 Å². The van der Waals surface area contributed by atoms with Crippen LogP contribution in [0.3, 0.4) is 0 Å². The van der Waals surface area contributed by atoms with Gasteiger partial charge in [-0.25, -0.2) is 0 Å². The summed E-state index contributed by atoms with van der Waals surface area (Å²) in [5.74, 6) is 0.122. The van der Waals surface area contributed by atoms with Crippen molar-refractivity contribution in [1.29, 1.82) is 0 Å². The van der Waals surface area contributed by atoms with Crippen LogP contribution in [0.2, 0.25) is 0 Å². The second kappa shape index (κ2) is 3.70. The van der Waals surface area contributed by atoms with Gasteiger partial charge in [-0.2, -0.15) is 0 Å². The number of carbonyl (C=O) groups is 1. The van der Waals surface area contributed by atoms with Crippen molar-refractivity contribution >= 4 is 28.4 Å². The summed E-state index contributed by atoms with van der Waals surface area (Å²) in [5.41, 5.74) is 3.01. The van der Waals surface area contributed by atoms with Crippen molar-refractivity contribution in [1.82, 2.24) is 0 Å². The second-order valence-corrected chi connectivity index (χ2v) is 3.86. The molecule has 0 amide bonds. The molecular weight excluding hydrogens is 212 g/mol. The Morgan fingerprint density at radius 3 is 2.80 bits per heavy atom. The van der Waals surface area contributed by atoms with E-state index in [0.29, 0.717) is 5.76 Å². The maximum Gasteiger partial charge on any atom is 0.212 e. The van der Waals surface area contributed by atoms with Crippen molar-refractivity contribution in [2.75, 3.05) is 5.88 Å². The van der Waals surface area contributed by atoms with Crippen LogP contribution in [0.1, 0.15) is 21.7 Å². The second-order valence-electron chi connectivity index (χ2n) is 3.59. The number of halogens is 1. The molecule has 2 nitrogen and oxygen atoms in total. The van der Waals surface area contributed by atoms with Crippen LogP contribution in [-0.4, -0.2) is 11.7 Å². The van der Waals surface area contributed by atoms with Gasteiger partial charge in [-0.15, -0.1) is 11.6 Å². The number of carbonyl (C=O) groups excluding carboxylic acids is 1. The molecule has 3 heteroatoms. The first-order valence-corrected chi connectivity index (χ1v) is 5.26. The van der Waals surface area contributed by atoms with Gasteiger partial charge in [-0.3, -0.25) is 4.79 Å². The molecule has 0 N–H and O–H groups in total. The van der Waals surface area contributed by atoms with Crippen LogP contribution in [-0.2, 0) is 0 Å². The van der Waals surface area contributed by atoms with E-state index in [4.69, 9.17) is 16.0 Å². The minimum Gasteiger partial charge on any atom is -0.453 e. The fourth-order valence-electron chi connectivity index (χ4n) is 1.54. The van der Waals surface area contributed by atoms with Gasteiger partial charge in [0, 0.05) is 5.39 Å². The quantitative estimate of drug-likeness (QED) is 0.575. The molecule has 78 valence electrons. The van der Waals surface area contributed by atoms with Gasteiger partial charge in [-0.05, 0) is 31.0 Å². The fourth-order valence-corrected chi connectivity index (χ4v) is 1.68. The third kappa shape index (κ3) is 1.65. The predicted octanol–water partition coefficient (Wildman–Crippen LogP) is 3.47. The predicted molar refractivity (Wildman–Crippen MR) is 60.7 cm³/mol. The molecule has 0 atom stereocenters. The van der Waals surface area contributed by atoms with Gasteiger partial charge in [-0.1, -0.05) is 12.1 Å². The van der Waals surface area contributed by atoms with Gasteiger partial charge in [0.25, 0.3) is 0 Å². The molecule has 0 radical (unpaired) electrons. The molecule has 0 aliphatic rings. The lowest BCUT2D eigenvalue weighted by atomic mass is 10.1. The smallest absolute Gasteiger partial charge is 0.212 e. The van der Waals surface area contributed by atoms with Crippen LogP contribution in [0.4, 0.5) is 0 Å². The van der Waals surface area contributed by atoms with E-state index in [1.807, 2.05) is 26.0 Å². The molecule has 2 rings (SSSR count). The van der Waals surface area contributed by atoms with Crippen LogP contribution in [0.25, 0.3) is 11.0 Å². The molecular formula is C12H11ClO2. The Bertz CT molecular complexity index is 526. The molecule has 0 saturated carbocycles. The molecule has 0 unspecified atom stereocenters. The molecule has 1 aromatic heterocycles. The third-order valence-electron chi connectivity index (χ3n) is 2.60. The summed E-state index contributed by atoms with van der Waals surface area (Å²) >= 11 is 5.48.